The van der Waals surface area contributed by atoms with Crippen molar-refractivity contribution < 1.29 is 9.90 Å². The molecule has 0 aromatic heterocycles. The number of allylic oxidation sites excluding steroid dienone is 1. The van der Waals surface area contributed by atoms with E-state index in [0.29, 0.717) is 18.6 Å². The van der Waals surface area contributed by atoms with Gasteiger partial charge in [0.2, 0.25) is 0 Å². The molecule has 0 aromatic carbocycles. The number of Topliss-reactive ketones (excluding diaryl/α,β-unsaturated/α-hetero) is 1. The van der Waals surface area contributed by atoms with Crippen LogP contribution in [0.5, 0.6) is 0 Å². The lowest BCUT2D eigenvalue weighted by Crippen LogP contribution is -1.97. The van der Waals surface area contributed by atoms with Gasteiger partial charge in [0.25, 0.3) is 0 Å². The van der Waals surface area contributed by atoms with Crippen LogP contribution in [0.3, 0.4) is 0 Å². The molecule has 0 aliphatic heterocycles. The Hall–Kier alpha value is -0.630. The molecular formula is C14H26O2. The molecule has 0 aliphatic carbocycles. The molecule has 0 rings (SSSR count). The highest BCUT2D eigenvalue weighted by Gasteiger charge is 2.01. The molecule has 0 bridgehead atoms. The van der Waals surface area contributed by atoms with Crippen LogP contribution in [0.1, 0.15) is 64.7 Å². The summed E-state index contributed by atoms with van der Waals surface area (Å²) in [6, 6.07) is 0. The summed E-state index contributed by atoms with van der Waals surface area (Å²) >= 11 is 0. The van der Waals surface area contributed by atoms with Crippen molar-refractivity contribution in [3.8, 4) is 0 Å². The molecule has 0 saturated heterocycles. The SMILES string of the molecule is C=C(C)C(=O)CCCCCCCCCCO. The lowest BCUT2D eigenvalue weighted by atomic mass is 10.0. The Morgan fingerprint density at radius 2 is 1.38 bits per heavy atom. The van der Waals surface area contributed by atoms with Crippen LogP contribution in [0.15, 0.2) is 12.2 Å². The highest BCUT2D eigenvalue weighted by molar-refractivity contribution is 5.93. The fraction of sp³-hybridized carbons (Fsp3) is 0.786. The summed E-state index contributed by atoms with van der Waals surface area (Å²) in [6.45, 7) is 5.75. The van der Waals surface area contributed by atoms with Crippen LogP contribution in [0, 0.1) is 0 Å². The van der Waals surface area contributed by atoms with Crippen molar-refractivity contribution in [3.63, 3.8) is 0 Å². The second kappa shape index (κ2) is 10.9. The van der Waals surface area contributed by atoms with Gasteiger partial charge in [-0.3, -0.25) is 4.79 Å². The van der Waals surface area contributed by atoms with Crippen LogP contribution in [-0.2, 0) is 4.79 Å². The average molecular weight is 226 g/mol. The van der Waals surface area contributed by atoms with Gasteiger partial charge in [0, 0.05) is 13.0 Å². The van der Waals surface area contributed by atoms with E-state index in [-0.39, 0.29) is 5.78 Å². The average Bonchev–Trinajstić information content (AvgIpc) is 2.26. The van der Waals surface area contributed by atoms with Crippen LogP contribution in [0.2, 0.25) is 0 Å². The maximum atomic E-state index is 11.2. The van der Waals surface area contributed by atoms with Crippen molar-refractivity contribution >= 4 is 5.78 Å². The number of hydrogen-bond donors (Lipinski definition) is 1. The van der Waals surface area contributed by atoms with Gasteiger partial charge in [0.15, 0.2) is 5.78 Å². The van der Waals surface area contributed by atoms with Crippen molar-refractivity contribution in [3.05, 3.63) is 12.2 Å². The third-order valence-corrected chi connectivity index (χ3v) is 2.79. The molecule has 94 valence electrons. The predicted molar refractivity (Wildman–Crippen MR) is 68.5 cm³/mol. The smallest absolute Gasteiger partial charge is 0.157 e. The van der Waals surface area contributed by atoms with Crippen LogP contribution in [-0.4, -0.2) is 17.5 Å². The summed E-state index contributed by atoms with van der Waals surface area (Å²) in [5.74, 6) is 0.211. The van der Waals surface area contributed by atoms with Gasteiger partial charge in [0.05, 0.1) is 0 Å². The standard InChI is InChI=1S/C14H26O2/c1-13(2)14(16)11-9-7-5-3-4-6-8-10-12-15/h15H,1,3-12H2,2H3. The Bertz CT molecular complexity index is 197. The second-order valence-corrected chi connectivity index (χ2v) is 4.51. The molecule has 0 aliphatic rings. The molecule has 0 spiro atoms. The van der Waals surface area contributed by atoms with E-state index in [1.807, 2.05) is 0 Å². The first-order valence-corrected chi connectivity index (χ1v) is 6.48. The van der Waals surface area contributed by atoms with Gasteiger partial charge >= 0.3 is 0 Å². The van der Waals surface area contributed by atoms with Crippen molar-refractivity contribution in [1.29, 1.82) is 0 Å². The minimum Gasteiger partial charge on any atom is -0.396 e. The fourth-order valence-electron chi connectivity index (χ4n) is 1.67. The Morgan fingerprint density at radius 3 is 1.81 bits per heavy atom. The summed E-state index contributed by atoms with van der Waals surface area (Å²) < 4.78 is 0. The van der Waals surface area contributed by atoms with Gasteiger partial charge in [0.1, 0.15) is 0 Å². The molecule has 0 saturated carbocycles. The quantitative estimate of drug-likeness (QED) is 0.431. The second-order valence-electron chi connectivity index (χ2n) is 4.51. The first kappa shape index (κ1) is 15.4. The van der Waals surface area contributed by atoms with Gasteiger partial charge in [-0.15, -0.1) is 0 Å². The topological polar surface area (TPSA) is 37.3 Å². The number of aliphatic hydroxyl groups excluding tert-OH is 1. The van der Waals surface area contributed by atoms with Crippen molar-refractivity contribution in [2.75, 3.05) is 6.61 Å². The van der Waals surface area contributed by atoms with Crippen LogP contribution in [0.4, 0.5) is 0 Å². The summed E-state index contributed by atoms with van der Waals surface area (Å²) in [7, 11) is 0. The Morgan fingerprint density at radius 1 is 0.938 bits per heavy atom. The number of rotatable bonds is 11. The largest absolute Gasteiger partial charge is 0.396 e. The Balaban J connectivity index is 3.10. The molecule has 0 unspecified atom stereocenters. The first-order valence-electron chi connectivity index (χ1n) is 6.48. The van der Waals surface area contributed by atoms with E-state index >= 15 is 0 Å². The van der Waals surface area contributed by atoms with E-state index in [1.54, 1.807) is 6.92 Å². The highest BCUT2D eigenvalue weighted by atomic mass is 16.2. The number of carbonyl (C=O) groups is 1. The summed E-state index contributed by atoms with van der Waals surface area (Å²) in [6.07, 6.45) is 9.87. The molecular weight excluding hydrogens is 200 g/mol. The first-order chi connectivity index (χ1) is 7.68. The Kier molecular flexibility index (Phi) is 10.4. The zero-order valence-corrected chi connectivity index (χ0v) is 10.6. The normalized spacial score (nSPS) is 10.4. The third kappa shape index (κ3) is 9.91. The van der Waals surface area contributed by atoms with E-state index in [9.17, 15) is 4.79 Å². The van der Waals surface area contributed by atoms with Crippen LogP contribution < -0.4 is 0 Å². The number of ketones is 1. The van der Waals surface area contributed by atoms with E-state index < -0.39 is 0 Å². The number of hydrogen-bond acceptors (Lipinski definition) is 2. The van der Waals surface area contributed by atoms with Crippen LogP contribution in [0.25, 0.3) is 0 Å². The van der Waals surface area contributed by atoms with E-state index in [0.717, 1.165) is 25.7 Å². The van der Waals surface area contributed by atoms with Gasteiger partial charge in [-0.05, 0) is 25.3 Å². The molecule has 16 heavy (non-hydrogen) atoms. The molecule has 0 heterocycles. The molecule has 2 heteroatoms. The highest BCUT2D eigenvalue weighted by Crippen LogP contribution is 2.10. The molecule has 0 amide bonds. The van der Waals surface area contributed by atoms with Gasteiger partial charge < -0.3 is 5.11 Å². The summed E-state index contributed by atoms with van der Waals surface area (Å²) in [5, 5.41) is 8.60. The summed E-state index contributed by atoms with van der Waals surface area (Å²) in [5.41, 5.74) is 0.684. The predicted octanol–water partition coefficient (Wildman–Crippen LogP) is 3.63. The minimum atomic E-state index is 0.211. The van der Waals surface area contributed by atoms with Crippen molar-refractivity contribution in [2.45, 2.75) is 64.7 Å². The maximum absolute atomic E-state index is 11.2. The lowest BCUT2D eigenvalue weighted by Gasteiger charge is -2.01. The zero-order chi connectivity index (χ0) is 12.2. The zero-order valence-electron chi connectivity index (χ0n) is 10.6. The van der Waals surface area contributed by atoms with Gasteiger partial charge in [-0.25, -0.2) is 0 Å². The summed E-state index contributed by atoms with van der Waals surface area (Å²) in [4.78, 5) is 11.2. The van der Waals surface area contributed by atoms with E-state index in [2.05, 4.69) is 6.58 Å². The van der Waals surface area contributed by atoms with Crippen molar-refractivity contribution in [2.24, 2.45) is 0 Å². The van der Waals surface area contributed by atoms with E-state index in [1.165, 1.54) is 25.7 Å². The minimum absolute atomic E-state index is 0.211. The Labute approximate surface area is 99.7 Å². The van der Waals surface area contributed by atoms with Crippen LogP contribution >= 0.6 is 0 Å². The number of unbranched alkanes of at least 4 members (excludes halogenated alkanes) is 7. The molecule has 2 nitrogen and oxygen atoms in total. The van der Waals surface area contributed by atoms with Gasteiger partial charge in [-0.2, -0.15) is 0 Å². The maximum Gasteiger partial charge on any atom is 0.157 e. The number of aliphatic hydroxyl groups is 1. The van der Waals surface area contributed by atoms with Gasteiger partial charge in [-0.1, -0.05) is 45.1 Å². The fourth-order valence-corrected chi connectivity index (χ4v) is 1.67. The molecule has 0 fully saturated rings. The molecule has 0 radical (unpaired) electrons. The molecule has 0 aromatic rings. The number of carbonyl (C=O) groups excluding carboxylic acids is 1. The third-order valence-electron chi connectivity index (χ3n) is 2.79. The lowest BCUT2D eigenvalue weighted by molar-refractivity contribution is -0.115. The molecule has 1 N–H and O–H groups in total. The van der Waals surface area contributed by atoms with E-state index in [4.69, 9.17) is 5.11 Å². The molecule has 0 atom stereocenters. The van der Waals surface area contributed by atoms with Crippen molar-refractivity contribution in [1.82, 2.24) is 0 Å². The monoisotopic (exact) mass is 226 g/mol.